The van der Waals surface area contributed by atoms with Crippen LogP contribution in [0.5, 0.6) is 0 Å². The number of oxazole rings is 1. The van der Waals surface area contributed by atoms with Crippen molar-refractivity contribution in [2.75, 3.05) is 0 Å². The van der Waals surface area contributed by atoms with Crippen molar-refractivity contribution in [1.82, 2.24) is 4.98 Å². The van der Waals surface area contributed by atoms with Crippen LogP contribution in [0.2, 0.25) is 0 Å². The molecule has 0 spiro atoms. The second kappa shape index (κ2) is 6.22. The number of hydrogen-bond donors (Lipinski definition) is 1. The Hall–Kier alpha value is -1.32. The zero-order chi connectivity index (χ0) is 13.8. The number of carbonyl (C=O) groups is 1. The molecule has 1 aliphatic rings. The van der Waals surface area contributed by atoms with Crippen LogP contribution in [0.25, 0.3) is 0 Å². The first kappa shape index (κ1) is 14.1. The number of nitrogens with zero attached hydrogens (tertiary/aromatic N) is 1. The van der Waals surface area contributed by atoms with Gasteiger partial charge in [0, 0.05) is 6.42 Å². The zero-order valence-corrected chi connectivity index (χ0v) is 11.8. The molecule has 0 amide bonds. The second-order valence-electron chi connectivity index (χ2n) is 5.98. The molecule has 1 N–H and O–H groups in total. The minimum atomic E-state index is -1.00. The monoisotopic (exact) mass is 265 g/mol. The zero-order valence-electron chi connectivity index (χ0n) is 11.8. The molecule has 0 bridgehead atoms. The summed E-state index contributed by atoms with van der Waals surface area (Å²) >= 11 is 0. The predicted molar refractivity (Wildman–Crippen MR) is 72.3 cm³/mol. The first-order valence-electron chi connectivity index (χ1n) is 7.28. The largest absolute Gasteiger partial charge is 0.475 e. The topological polar surface area (TPSA) is 63.3 Å². The highest BCUT2D eigenvalue weighted by Gasteiger charge is 2.21. The Bertz CT molecular complexity index is 431. The van der Waals surface area contributed by atoms with E-state index in [0.717, 1.165) is 18.8 Å². The van der Waals surface area contributed by atoms with Crippen molar-refractivity contribution in [3.05, 3.63) is 17.3 Å². The molecule has 1 heterocycles. The van der Waals surface area contributed by atoms with Crippen LogP contribution < -0.4 is 0 Å². The predicted octanol–water partition coefficient (Wildman–Crippen LogP) is 3.69. The van der Waals surface area contributed by atoms with Gasteiger partial charge in [0.05, 0.1) is 5.69 Å². The molecule has 0 aliphatic heterocycles. The molecule has 1 saturated carbocycles. The average molecular weight is 265 g/mol. The van der Waals surface area contributed by atoms with Crippen LogP contribution in [0, 0.1) is 11.8 Å². The highest BCUT2D eigenvalue weighted by molar-refractivity contribution is 5.85. The molecule has 4 heteroatoms. The van der Waals surface area contributed by atoms with Gasteiger partial charge in [-0.1, -0.05) is 39.5 Å². The van der Waals surface area contributed by atoms with Crippen LogP contribution >= 0.6 is 0 Å². The van der Waals surface area contributed by atoms with E-state index in [1.165, 1.54) is 25.7 Å². The fourth-order valence-corrected chi connectivity index (χ4v) is 2.83. The smallest absolute Gasteiger partial charge is 0.373 e. The van der Waals surface area contributed by atoms with Crippen molar-refractivity contribution < 1.29 is 14.3 Å². The molecular formula is C15H23NO3. The summed E-state index contributed by atoms with van der Waals surface area (Å²) in [5.74, 6) is 0.782. The molecule has 1 fully saturated rings. The van der Waals surface area contributed by atoms with E-state index in [9.17, 15) is 4.79 Å². The van der Waals surface area contributed by atoms with Gasteiger partial charge < -0.3 is 9.52 Å². The van der Waals surface area contributed by atoms with E-state index in [4.69, 9.17) is 9.52 Å². The Labute approximate surface area is 114 Å². The normalized spacial score (nSPS) is 16.4. The number of aromatic carboxylic acids is 1. The van der Waals surface area contributed by atoms with Crippen LogP contribution in [0.3, 0.4) is 0 Å². The lowest BCUT2D eigenvalue weighted by Crippen LogP contribution is -2.03. The van der Waals surface area contributed by atoms with E-state index >= 15 is 0 Å². The maximum Gasteiger partial charge on any atom is 0.373 e. The Morgan fingerprint density at radius 2 is 2.11 bits per heavy atom. The van der Waals surface area contributed by atoms with Gasteiger partial charge >= 0.3 is 5.97 Å². The number of aromatic nitrogens is 1. The summed E-state index contributed by atoms with van der Waals surface area (Å²) in [6.07, 6.45) is 7.75. The summed E-state index contributed by atoms with van der Waals surface area (Å²) in [4.78, 5) is 15.5. The van der Waals surface area contributed by atoms with Crippen molar-refractivity contribution >= 4 is 5.97 Å². The molecule has 19 heavy (non-hydrogen) atoms. The summed E-state index contributed by atoms with van der Waals surface area (Å²) in [7, 11) is 0. The third kappa shape index (κ3) is 3.82. The summed E-state index contributed by atoms with van der Waals surface area (Å²) < 4.78 is 5.43. The van der Waals surface area contributed by atoms with E-state index in [-0.39, 0.29) is 5.76 Å². The highest BCUT2D eigenvalue weighted by Crippen LogP contribution is 2.29. The molecular weight excluding hydrogens is 242 g/mol. The third-order valence-electron chi connectivity index (χ3n) is 3.78. The van der Waals surface area contributed by atoms with Crippen molar-refractivity contribution in [1.29, 1.82) is 0 Å². The molecule has 106 valence electrons. The van der Waals surface area contributed by atoms with E-state index in [1.807, 2.05) is 0 Å². The fraction of sp³-hybridized carbons (Fsp3) is 0.733. The fourth-order valence-electron chi connectivity index (χ4n) is 2.83. The maximum absolute atomic E-state index is 11.1. The Morgan fingerprint density at radius 1 is 1.42 bits per heavy atom. The first-order chi connectivity index (χ1) is 9.06. The van der Waals surface area contributed by atoms with Crippen molar-refractivity contribution in [2.45, 2.75) is 58.8 Å². The maximum atomic E-state index is 11.1. The molecule has 0 saturated heterocycles. The molecule has 4 nitrogen and oxygen atoms in total. The number of rotatable bonds is 6. The number of aryl methyl sites for hydroxylation is 1. The van der Waals surface area contributed by atoms with Crippen molar-refractivity contribution in [3.63, 3.8) is 0 Å². The summed E-state index contributed by atoms with van der Waals surface area (Å²) in [5, 5.41) is 9.14. The average Bonchev–Trinajstić information content (AvgIpc) is 2.94. The van der Waals surface area contributed by atoms with E-state index in [2.05, 4.69) is 18.8 Å². The SMILES string of the molecule is CC(C)Cc1nc(CCC2CCCC2)oc1C(=O)O. The molecule has 1 aromatic rings. The molecule has 0 atom stereocenters. The number of carboxylic acids is 1. The Morgan fingerprint density at radius 3 is 2.68 bits per heavy atom. The molecule has 0 unspecified atom stereocenters. The minimum absolute atomic E-state index is 0.0371. The van der Waals surface area contributed by atoms with Gasteiger partial charge in [0.15, 0.2) is 5.89 Å². The molecule has 2 rings (SSSR count). The Kier molecular flexibility index (Phi) is 4.61. The molecule has 0 radical (unpaired) electrons. The van der Waals surface area contributed by atoms with Gasteiger partial charge in [-0.2, -0.15) is 0 Å². The van der Waals surface area contributed by atoms with Crippen LogP contribution in [0.4, 0.5) is 0 Å². The van der Waals surface area contributed by atoms with Crippen molar-refractivity contribution in [2.24, 2.45) is 11.8 Å². The lowest BCUT2D eigenvalue weighted by molar-refractivity contribution is 0.0658. The van der Waals surface area contributed by atoms with Gasteiger partial charge in [-0.05, 0) is 24.7 Å². The van der Waals surface area contributed by atoms with Crippen LogP contribution in [0.15, 0.2) is 4.42 Å². The van der Waals surface area contributed by atoms with Gasteiger partial charge in [0.25, 0.3) is 0 Å². The van der Waals surface area contributed by atoms with Gasteiger partial charge in [-0.25, -0.2) is 9.78 Å². The second-order valence-corrected chi connectivity index (χ2v) is 5.98. The van der Waals surface area contributed by atoms with Crippen LogP contribution in [-0.4, -0.2) is 16.1 Å². The van der Waals surface area contributed by atoms with Crippen LogP contribution in [-0.2, 0) is 12.8 Å². The van der Waals surface area contributed by atoms with Crippen molar-refractivity contribution in [3.8, 4) is 0 Å². The van der Waals surface area contributed by atoms with Gasteiger partial charge in [-0.3, -0.25) is 0 Å². The summed E-state index contributed by atoms with van der Waals surface area (Å²) in [5.41, 5.74) is 0.601. The quantitative estimate of drug-likeness (QED) is 0.852. The number of hydrogen-bond acceptors (Lipinski definition) is 3. The molecule has 1 aliphatic carbocycles. The first-order valence-corrected chi connectivity index (χ1v) is 7.28. The van der Waals surface area contributed by atoms with Gasteiger partial charge in [0.1, 0.15) is 0 Å². The molecule has 1 aromatic heterocycles. The van der Waals surface area contributed by atoms with Gasteiger partial charge in [0.2, 0.25) is 5.76 Å². The van der Waals surface area contributed by atoms with E-state index in [1.54, 1.807) is 0 Å². The lowest BCUT2D eigenvalue weighted by Gasteiger charge is -2.05. The third-order valence-corrected chi connectivity index (χ3v) is 3.78. The Balaban J connectivity index is 2.01. The van der Waals surface area contributed by atoms with Gasteiger partial charge in [-0.15, -0.1) is 0 Å². The highest BCUT2D eigenvalue weighted by atomic mass is 16.4. The standard InChI is InChI=1S/C15H23NO3/c1-10(2)9-12-14(15(17)18)19-13(16-12)8-7-11-5-3-4-6-11/h10-11H,3-9H2,1-2H3,(H,17,18). The van der Waals surface area contributed by atoms with Crippen LogP contribution in [0.1, 0.15) is 68.1 Å². The lowest BCUT2D eigenvalue weighted by atomic mass is 10.0. The van der Waals surface area contributed by atoms with E-state index in [0.29, 0.717) is 23.9 Å². The summed E-state index contributed by atoms with van der Waals surface area (Å²) in [6, 6.07) is 0. The molecule has 0 aromatic carbocycles. The summed E-state index contributed by atoms with van der Waals surface area (Å²) in [6.45, 7) is 4.11. The van der Waals surface area contributed by atoms with E-state index < -0.39 is 5.97 Å². The minimum Gasteiger partial charge on any atom is -0.475 e. The number of carboxylic acid groups (broad SMARTS) is 1.